The zero-order chi connectivity index (χ0) is 9.00. The van der Waals surface area contributed by atoms with Crippen molar-refractivity contribution in [3.8, 4) is 0 Å². The van der Waals surface area contributed by atoms with Gasteiger partial charge in [0.15, 0.2) is 0 Å². The van der Waals surface area contributed by atoms with Crippen molar-refractivity contribution >= 4 is 59.0 Å². The van der Waals surface area contributed by atoms with Gasteiger partial charge in [0.2, 0.25) is 0 Å². The lowest BCUT2D eigenvalue weighted by Gasteiger charge is -1.91. The predicted molar refractivity (Wildman–Crippen MR) is 63.9 cm³/mol. The monoisotopic (exact) mass is 271 g/mol. The number of hydrogen-bond donors (Lipinski definition) is 0. The van der Waals surface area contributed by atoms with Crippen LogP contribution >= 0.6 is 38.6 Å². The Morgan fingerprint density at radius 3 is 3.00 bits per heavy atom. The smallest absolute Gasteiger partial charge is 0.0726 e. The molecule has 3 rings (SSSR count). The Bertz CT molecular complexity index is 587. The molecule has 0 N–H and O–H groups in total. The van der Waals surface area contributed by atoms with Crippen LogP contribution in [0.4, 0.5) is 0 Å². The molecular formula is C9H6BrNS2. The number of halogens is 1. The molecular weight excluding hydrogens is 266 g/mol. The summed E-state index contributed by atoms with van der Waals surface area (Å²) in [5.74, 6) is 0. The third-order valence-corrected chi connectivity index (χ3v) is 4.95. The first-order chi connectivity index (χ1) is 6.27. The van der Waals surface area contributed by atoms with Gasteiger partial charge in [0, 0.05) is 7.05 Å². The largest absolute Gasteiger partial charge is 0.342 e. The van der Waals surface area contributed by atoms with Crippen LogP contribution in [0.5, 0.6) is 0 Å². The Balaban J connectivity index is 2.68. The van der Waals surface area contributed by atoms with Gasteiger partial charge in [0.1, 0.15) is 0 Å². The first-order valence-electron chi connectivity index (χ1n) is 3.88. The number of nitrogens with zero attached hydrogens (tertiary/aromatic N) is 1. The molecule has 0 aromatic carbocycles. The maximum Gasteiger partial charge on any atom is 0.0726 e. The van der Waals surface area contributed by atoms with E-state index >= 15 is 0 Å². The summed E-state index contributed by atoms with van der Waals surface area (Å²) in [6.45, 7) is 0. The predicted octanol–water partition coefficient (Wildman–Crippen LogP) is 4.22. The van der Waals surface area contributed by atoms with Crippen LogP contribution < -0.4 is 0 Å². The highest BCUT2D eigenvalue weighted by Gasteiger charge is 2.11. The average Bonchev–Trinajstić information content (AvgIpc) is 2.70. The number of thiophene rings is 2. The van der Waals surface area contributed by atoms with E-state index in [2.05, 4.69) is 45.1 Å². The average molecular weight is 272 g/mol. The normalized spacial score (nSPS) is 11.8. The number of aromatic nitrogens is 1. The fourth-order valence-electron chi connectivity index (χ4n) is 1.63. The maximum absolute atomic E-state index is 3.52. The highest BCUT2D eigenvalue weighted by Crippen LogP contribution is 2.39. The Kier molecular flexibility index (Phi) is 1.60. The topological polar surface area (TPSA) is 4.93 Å². The molecule has 0 spiro atoms. The minimum atomic E-state index is 1.21. The van der Waals surface area contributed by atoms with Crippen LogP contribution in [0.2, 0.25) is 0 Å². The standard InChI is InChI=1S/C9H6BrNS2/c1-11-5-2-3-12-8(5)9-6(11)4-7(10)13-9/h2-4H,1H3. The van der Waals surface area contributed by atoms with Gasteiger partial charge in [0.25, 0.3) is 0 Å². The summed E-state index contributed by atoms with van der Waals surface area (Å²) in [5, 5.41) is 2.15. The zero-order valence-electron chi connectivity index (χ0n) is 6.87. The zero-order valence-corrected chi connectivity index (χ0v) is 10.1. The molecule has 0 aliphatic rings. The van der Waals surface area contributed by atoms with Crippen molar-refractivity contribution in [3.63, 3.8) is 0 Å². The summed E-state index contributed by atoms with van der Waals surface area (Å²) in [5.41, 5.74) is 2.68. The molecule has 0 amide bonds. The van der Waals surface area contributed by atoms with Crippen molar-refractivity contribution in [2.24, 2.45) is 7.05 Å². The molecule has 4 heteroatoms. The highest BCUT2D eigenvalue weighted by atomic mass is 79.9. The van der Waals surface area contributed by atoms with Gasteiger partial charge in [-0.05, 0) is 33.4 Å². The van der Waals surface area contributed by atoms with Crippen LogP contribution in [0, 0.1) is 0 Å². The number of aryl methyl sites for hydroxylation is 1. The molecule has 1 nitrogen and oxygen atoms in total. The van der Waals surface area contributed by atoms with Crippen LogP contribution in [0.1, 0.15) is 0 Å². The summed E-state index contributed by atoms with van der Waals surface area (Å²) in [4.78, 5) is 0. The van der Waals surface area contributed by atoms with Crippen molar-refractivity contribution in [1.82, 2.24) is 4.57 Å². The number of hydrogen-bond acceptors (Lipinski definition) is 2. The van der Waals surface area contributed by atoms with Gasteiger partial charge in [-0.15, -0.1) is 22.7 Å². The van der Waals surface area contributed by atoms with Gasteiger partial charge in [-0.2, -0.15) is 0 Å². The fourth-order valence-corrected chi connectivity index (χ4v) is 4.34. The summed E-state index contributed by atoms with van der Waals surface area (Å²) < 4.78 is 6.28. The van der Waals surface area contributed by atoms with Crippen molar-refractivity contribution < 1.29 is 0 Å². The maximum atomic E-state index is 3.52. The molecule has 0 atom stereocenters. The molecule has 0 saturated carbocycles. The van der Waals surface area contributed by atoms with E-state index in [1.165, 1.54) is 24.2 Å². The molecule has 3 aromatic heterocycles. The number of rotatable bonds is 0. The summed E-state index contributed by atoms with van der Waals surface area (Å²) in [6, 6.07) is 4.37. The Labute approximate surface area is 91.7 Å². The van der Waals surface area contributed by atoms with Crippen LogP contribution in [0.25, 0.3) is 20.4 Å². The third kappa shape index (κ3) is 0.965. The van der Waals surface area contributed by atoms with E-state index in [1.807, 2.05) is 22.7 Å². The fraction of sp³-hybridized carbons (Fsp3) is 0.111. The van der Waals surface area contributed by atoms with Crippen molar-refractivity contribution in [3.05, 3.63) is 21.3 Å². The summed E-state index contributed by atoms with van der Waals surface area (Å²) in [7, 11) is 2.12. The van der Waals surface area contributed by atoms with E-state index in [4.69, 9.17) is 0 Å². The first kappa shape index (κ1) is 8.03. The lowest BCUT2D eigenvalue weighted by atomic mass is 10.5. The minimum Gasteiger partial charge on any atom is -0.342 e. The first-order valence-corrected chi connectivity index (χ1v) is 6.37. The highest BCUT2D eigenvalue weighted by molar-refractivity contribution is 9.11. The Hall–Kier alpha value is -0.320. The molecule has 0 bridgehead atoms. The molecule has 3 aromatic rings. The molecule has 0 radical (unpaired) electrons. The third-order valence-electron chi connectivity index (χ3n) is 2.26. The van der Waals surface area contributed by atoms with E-state index in [9.17, 15) is 0 Å². The summed E-state index contributed by atoms with van der Waals surface area (Å²) >= 11 is 7.15. The van der Waals surface area contributed by atoms with E-state index < -0.39 is 0 Å². The molecule has 13 heavy (non-hydrogen) atoms. The van der Waals surface area contributed by atoms with Crippen LogP contribution in [-0.2, 0) is 7.05 Å². The SMILES string of the molecule is Cn1c2ccsc2c2sc(Br)cc21. The van der Waals surface area contributed by atoms with Crippen LogP contribution in [0.3, 0.4) is 0 Å². The Morgan fingerprint density at radius 2 is 2.15 bits per heavy atom. The second kappa shape index (κ2) is 2.59. The van der Waals surface area contributed by atoms with E-state index in [-0.39, 0.29) is 0 Å². The van der Waals surface area contributed by atoms with Gasteiger partial charge >= 0.3 is 0 Å². The van der Waals surface area contributed by atoms with E-state index in [1.54, 1.807) is 0 Å². The van der Waals surface area contributed by atoms with Crippen LogP contribution in [-0.4, -0.2) is 4.57 Å². The Morgan fingerprint density at radius 1 is 1.31 bits per heavy atom. The molecule has 0 saturated heterocycles. The second-order valence-electron chi connectivity index (χ2n) is 2.96. The second-order valence-corrected chi connectivity index (χ2v) is 6.31. The van der Waals surface area contributed by atoms with E-state index in [0.29, 0.717) is 0 Å². The van der Waals surface area contributed by atoms with Crippen molar-refractivity contribution in [2.75, 3.05) is 0 Å². The van der Waals surface area contributed by atoms with Crippen molar-refractivity contribution in [1.29, 1.82) is 0 Å². The summed E-state index contributed by atoms with van der Waals surface area (Å²) in [6.07, 6.45) is 0. The van der Waals surface area contributed by atoms with E-state index in [0.717, 1.165) is 0 Å². The van der Waals surface area contributed by atoms with Gasteiger partial charge in [-0.3, -0.25) is 0 Å². The van der Waals surface area contributed by atoms with Gasteiger partial charge in [-0.25, -0.2) is 0 Å². The van der Waals surface area contributed by atoms with Crippen molar-refractivity contribution in [2.45, 2.75) is 0 Å². The van der Waals surface area contributed by atoms with Gasteiger partial charge in [0.05, 0.1) is 24.2 Å². The minimum absolute atomic E-state index is 1.21. The molecule has 3 heterocycles. The lowest BCUT2D eigenvalue weighted by Crippen LogP contribution is -1.82. The molecule has 0 aliphatic heterocycles. The molecule has 0 fully saturated rings. The van der Waals surface area contributed by atoms with Gasteiger partial charge < -0.3 is 4.57 Å². The molecule has 0 aliphatic carbocycles. The van der Waals surface area contributed by atoms with Gasteiger partial charge in [-0.1, -0.05) is 0 Å². The van der Waals surface area contributed by atoms with Crippen LogP contribution in [0.15, 0.2) is 21.3 Å². The molecule has 66 valence electrons. The lowest BCUT2D eigenvalue weighted by molar-refractivity contribution is 1.02. The number of fused-ring (bicyclic) bond motifs is 3. The quantitative estimate of drug-likeness (QED) is 0.577. The molecule has 0 unspecified atom stereocenters.